The number of halogens is 3. The van der Waals surface area contributed by atoms with Gasteiger partial charge in [-0.3, -0.25) is 20.3 Å². The summed E-state index contributed by atoms with van der Waals surface area (Å²) in [5.41, 5.74) is 0.702. The Kier molecular flexibility index (Phi) is 6.13. The molecule has 0 unspecified atom stereocenters. The number of nitrogens with zero attached hydrogens (tertiary/aromatic N) is 4. The van der Waals surface area contributed by atoms with Gasteiger partial charge in [0.2, 0.25) is 0 Å². The topological polar surface area (TPSA) is 91.6 Å². The molecule has 0 amide bonds. The Labute approximate surface area is 179 Å². The van der Waals surface area contributed by atoms with Gasteiger partial charge in [-0.1, -0.05) is 30.6 Å². The van der Waals surface area contributed by atoms with Crippen LogP contribution in [0.1, 0.15) is 37.7 Å². The number of nitrogens with one attached hydrogen (secondary N) is 1. The number of nitro benzene ring substituents is 1. The van der Waals surface area contributed by atoms with Gasteiger partial charge >= 0.3 is 6.18 Å². The fourth-order valence-corrected chi connectivity index (χ4v) is 5.21. The molecule has 12 heteroatoms. The van der Waals surface area contributed by atoms with E-state index in [4.69, 9.17) is 0 Å². The zero-order valence-corrected chi connectivity index (χ0v) is 17.5. The molecule has 2 aromatic rings. The summed E-state index contributed by atoms with van der Waals surface area (Å²) in [7, 11) is 0. The van der Waals surface area contributed by atoms with Crippen molar-refractivity contribution in [2.75, 3.05) is 31.1 Å². The molecule has 168 valence electrons. The van der Waals surface area contributed by atoms with Crippen LogP contribution in [0.4, 0.5) is 24.0 Å². The highest BCUT2D eigenvalue weighted by Gasteiger charge is 2.34. The average molecular weight is 457 g/mol. The van der Waals surface area contributed by atoms with E-state index in [1.807, 2.05) is 4.90 Å². The number of piperazine rings is 1. The first-order valence-electron chi connectivity index (χ1n) is 10.2. The van der Waals surface area contributed by atoms with Crippen molar-refractivity contribution in [2.45, 2.75) is 44.3 Å². The monoisotopic (exact) mass is 457 g/mol. The van der Waals surface area contributed by atoms with Crippen molar-refractivity contribution in [1.82, 2.24) is 15.4 Å². The summed E-state index contributed by atoms with van der Waals surface area (Å²) in [5, 5.41) is 13.5. The minimum atomic E-state index is -4.80. The summed E-state index contributed by atoms with van der Waals surface area (Å²) in [6.07, 6.45) is 1.23. The molecular formula is C19H22F3N5O3S. The number of hydrazine groups is 1. The predicted octanol–water partition coefficient (Wildman–Crippen LogP) is 3.54. The van der Waals surface area contributed by atoms with Crippen molar-refractivity contribution in [1.29, 1.82) is 0 Å². The van der Waals surface area contributed by atoms with Crippen molar-refractivity contribution in [3.8, 4) is 0 Å². The van der Waals surface area contributed by atoms with E-state index in [0.29, 0.717) is 44.4 Å². The normalized spacial score (nSPS) is 19.1. The standard InChI is InChI=1S/C19H22F3N5O3S/c20-19(21,22)12-10-14-16(15(11-12)27(29)30)31-18(23-17(14)28)25-6-8-26(9-7-25)24-13-4-2-1-3-5-13/h10-11,13,24H,1-9H2. The molecule has 1 N–H and O–H groups in total. The van der Waals surface area contributed by atoms with Gasteiger partial charge in [0.25, 0.3) is 11.2 Å². The Morgan fingerprint density at radius 3 is 2.42 bits per heavy atom. The lowest BCUT2D eigenvalue weighted by Crippen LogP contribution is -2.55. The molecule has 2 heterocycles. The highest BCUT2D eigenvalue weighted by molar-refractivity contribution is 7.22. The van der Waals surface area contributed by atoms with Crippen LogP contribution in [0, 0.1) is 10.1 Å². The van der Waals surface area contributed by atoms with Gasteiger partial charge in [-0.15, -0.1) is 0 Å². The van der Waals surface area contributed by atoms with E-state index in [-0.39, 0.29) is 15.2 Å². The molecule has 1 aliphatic carbocycles. The summed E-state index contributed by atoms with van der Waals surface area (Å²) < 4.78 is 39.2. The van der Waals surface area contributed by atoms with Crippen LogP contribution >= 0.6 is 11.3 Å². The number of alkyl halides is 3. The van der Waals surface area contributed by atoms with Crippen LogP contribution in [0.15, 0.2) is 16.9 Å². The fourth-order valence-electron chi connectivity index (χ4n) is 4.09. The van der Waals surface area contributed by atoms with Gasteiger partial charge in [0.05, 0.1) is 15.9 Å². The quantitative estimate of drug-likeness (QED) is 0.555. The summed E-state index contributed by atoms with van der Waals surface area (Å²) in [6.45, 7) is 2.49. The third-order valence-corrected chi connectivity index (χ3v) is 6.90. The molecule has 1 saturated carbocycles. The number of hydrogen-bond acceptors (Lipinski definition) is 8. The molecule has 1 saturated heterocycles. The van der Waals surface area contributed by atoms with Gasteiger partial charge < -0.3 is 4.90 Å². The van der Waals surface area contributed by atoms with E-state index in [9.17, 15) is 28.1 Å². The number of fused-ring (bicyclic) bond motifs is 1. The van der Waals surface area contributed by atoms with E-state index >= 15 is 0 Å². The number of hydrogen-bond donors (Lipinski definition) is 1. The van der Waals surface area contributed by atoms with Crippen molar-refractivity contribution in [3.05, 3.63) is 38.2 Å². The molecule has 1 aromatic carbocycles. The summed E-state index contributed by atoms with van der Waals surface area (Å²) >= 11 is 0.886. The van der Waals surface area contributed by atoms with Gasteiger partial charge in [0.1, 0.15) is 4.70 Å². The number of aromatic nitrogens is 1. The molecule has 0 bridgehead atoms. The first kappa shape index (κ1) is 21.9. The maximum atomic E-state index is 13.1. The second-order valence-electron chi connectivity index (χ2n) is 7.87. The molecule has 2 aliphatic rings. The van der Waals surface area contributed by atoms with Gasteiger partial charge in [0, 0.05) is 38.3 Å². The SMILES string of the molecule is O=c1nc(N2CCN(NC3CCCCC3)CC2)sc2c([N+](=O)[O-])cc(C(F)(F)F)cc12. The third-order valence-electron chi connectivity index (χ3n) is 5.73. The number of rotatable bonds is 4. The number of nitro groups is 1. The maximum absolute atomic E-state index is 13.1. The first-order chi connectivity index (χ1) is 14.7. The van der Waals surface area contributed by atoms with Crippen LogP contribution in [-0.2, 0) is 6.18 Å². The fraction of sp³-hybridized carbons (Fsp3) is 0.579. The number of benzene rings is 1. The van der Waals surface area contributed by atoms with Crippen molar-refractivity contribution in [3.63, 3.8) is 0 Å². The zero-order chi connectivity index (χ0) is 22.2. The molecule has 1 aliphatic heterocycles. The predicted molar refractivity (Wildman–Crippen MR) is 111 cm³/mol. The van der Waals surface area contributed by atoms with Crippen LogP contribution in [0.2, 0.25) is 0 Å². The van der Waals surface area contributed by atoms with Crippen LogP contribution < -0.4 is 15.9 Å². The largest absolute Gasteiger partial charge is 0.416 e. The van der Waals surface area contributed by atoms with Gasteiger partial charge in [-0.2, -0.15) is 18.2 Å². The minimum Gasteiger partial charge on any atom is -0.345 e. The Morgan fingerprint density at radius 2 is 1.81 bits per heavy atom. The van der Waals surface area contributed by atoms with Crippen LogP contribution in [0.25, 0.3) is 10.1 Å². The number of anilines is 1. The van der Waals surface area contributed by atoms with Gasteiger partial charge in [0.15, 0.2) is 5.13 Å². The lowest BCUT2D eigenvalue weighted by atomic mass is 9.96. The second-order valence-corrected chi connectivity index (χ2v) is 8.84. The Hall–Kier alpha value is -2.31. The smallest absolute Gasteiger partial charge is 0.345 e. The van der Waals surface area contributed by atoms with Crippen molar-refractivity contribution >= 4 is 32.2 Å². The van der Waals surface area contributed by atoms with Crippen molar-refractivity contribution in [2.24, 2.45) is 0 Å². The van der Waals surface area contributed by atoms with Gasteiger partial charge in [-0.05, 0) is 18.9 Å². The highest BCUT2D eigenvalue weighted by atomic mass is 32.1. The molecular weight excluding hydrogens is 435 g/mol. The zero-order valence-electron chi connectivity index (χ0n) is 16.7. The molecule has 0 atom stereocenters. The van der Waals surface area contributed by atoms with Gasteiger partial charge in [-0.25, -0.2) is 5.01 Å². The molecule has 4 rings (SSSR count). The summed E-state index contributed by atoms with van der Waals surface area (Å²) in [4.78, 5) is 28.8. The average Bonchev–Trinajstić information content (AvgIpc) is 2.73. The second kappa shape index (κ2) is 8.67. The summed E-state index contributed by atoms with van der Waals surface area (Å²) in [6, 6.07) is 1.60. The van der Waals surface area contributed by atoms with Crippen LogP contribution in [0.5, 0.6) is 0 Å². The third kappa shape index (κ3) is 4.80. The minimum absolute atomic E-state index is 0.0873. The van der Waals surface area contributed by atoms with E-state index in [0.717, 1.165) is 24.2 Å². The molecule has 8 nitrogen and oxygen atoms in total. The van der Waals surface area contributed by atoms with E-state index in [1.54, 1.807) is 0 Å². The molecule has 2 fully saturated rings. The lowest BCUT2D eigenvalue weighted by Gasteiger charge is -2.38. The maximum Gasteiger partial charge on any atom is 0.416 e. The Morgan fingerprint density at radius 1 is 1.13 bits per heavy atom. The van der Waals surface area contributed by atoms with E-state index < -0.39 is 27.9 Å². The Bertz CT molecular complexity index is 1030. The van der Waals surface area contributed by atoms with Crippen LogP contribution in [0.3, 0.4) is 0 Å². The first-order valence-corrected chi connectivity index (χ1v) is 11.0. The van der Waals surface area contributed by atoms with E-state index in [2.05, 4.69) is 15.4 Å². The molecule has 0 spiro atoms. The van der Waals surface area contributed by atoms with Crippen LogP contribution in [-0.4, -0.2) is 47.1 Å². The highest BCUT2D eigenvalue weighted by Crippen LogP contribution is 2.38. The van der Waals surface area contributed by atoms with Crippen molar-refractivity contribution < 1.29 is 18.1 Å². The molecule has 0 radical (unpaired) electrons. The number of non-ortho nitro benzene ring substituents is 1. The lowest BCUT2D eigenvalue weighted by molar-refractivity contribution is -0.383. The molecule has 31 heavy (non-hydrogen) atoms. The van der Waals surface area contributed by atoms with E-state index in [1.165, 1.54) is 19.3 Å². The molecule has 1 aromatic heterocycles. The summed E-state index contributed by atoms with van der Waals surface area (Å²) in [5.74, 6) is 0. The Balaban J connectivity index is 1.57.